The fraction of sp³-hybridized carbons (Fsp3) is 0.522. The van der Waals surface area contributed by atoms with Gasteiger partial charge in [-0.2, -0.15) is 0 Å². The van der Waals surface area contributed by atoms with Gasteiger partial charge in [0.15, 0.2) is 0 Å². The summed E-state index contributed by atoms with van der Waals surface area (Å²) in [4.78, 5) is 29.3. The summed E-state index contributed by atoms with van der Waals surface area (Å²) < 4.78 is 11.2. The van der Waals surface area contributed by atoms with Crippen LogP contribution in [0, 0.1) is 12.8 Å². The molecule has 0 saturated carbocycles. The van der Waals surface area contributed by atoms with Crippen molar-refractivity contribution < 1.29 is 19.1 Å². The number of nitrogens with zero attached hydrogens (tertiary/aromatic N) is 1. The van der Waals surface area contributed by atoms with Crippen molar-refractivity contribution in [3.05, 3.63) is 29.5 Å². The fourth-order valence-electron chi connectivity index (χ4n) is 3.41. The molecule has 0 atom stereocenters. The van der Waals surface area contributed by atoms with Crippen LogP contribution in [-0.2, 0) is 9.53 Å². The van der Waals surface area contributed by atoms with E-state index in [-0.39, 0.29) is 36.3 Å². The quantitative estimate of drug-likeness (QED) is 0.600. The second kappa shape index (κ2) is 9.78. The third-order valence-electron chi connectivity index (χ3n) is 5.08. The van der Waals surface area contributed by atoms with Gasteiger partial charge in [0, 0.05) is 5.92 Å². The molecule has 0 aliphatic rings. The van der Waals surface area contributed by atoms with Crippen LogP contribution in [0.2, 0.25) is 0 Å². The van der Waals surface area contributed by atoms with E-state index in [1.165, 1.54) is 0 Å². The van der Waals surface area contributed by atoms with Crippen LogP contribution in [0.4, 0.5) is 5.69 Å². The Hall–Kier alpha value is -2.83. The van der Waals surface area contributed by atoms with Crippen molar-refractivity contribution in [2.45, 2.75) is 59.9 Å². The lowest BCUT2D eigenvalue weighted by atomic mass is 9.99. The van der Waals surface area contributed by atoms with E-state index in [0.717, 1.165) is 12.8 Å². The normalized spacial score (nSPS) is 11.6. The molecule has 0 aliphatic carbocycles. The third-order valence-corrected chi connectivity index (χ3v) is 5.08. The molecule has 7 heteroatoms. The van der Waals surface area contributed by atoms with Gasteiger partial charge in [-0.05, 0) is 52.7 Å². The zero-order valence-corrected chi connectivity index (χ0v) is 18.8. The number of anilines is 1. The molecule has 164 valence electrons. The average molecular weight is 416 g/mol. The summed E-state index contributed by atoms with van der Waals surface area (Å²) in [6.07, 6.45) is 1.58. The van der Waals surface area contributed by atoms with E-state index < -0.39 is 11.5 Å². The van der Waals surface area contributed by atoms with Crippen molar-refractivity contribution in [3.63, 3.8) is 0 Å². The molecule has 2 aromatic rings. The summed E-state index contributed by atoms with van der Waals surface area (Å²) in [5.74, 6) is 0.00656. The molecule has 1 aromatic heterocycles. The number of ether oxygens (including phenoxy) is 2. The summed E-state index contributed by atoms with van der Waals surface area (Å²) in [5.41, 5.74) is 7.45. The van der Waals surface area contributed by atoms with Gasteiger partial charge in [-0.25, -0.2) is 4.79 Å². The van der Waals surface area contributed by atoms with Crippen LogP contribution in [0.3, 0.4) is 0 Å². The highest BCUT2D eigenvalue weighted by atomic mass is 16.5. The standard InChI is InChI=1S/C23H33N3O4/c1-7-15(8-2)21(27)26-23(5,6)13-30-17-12-10-11-16-19(17)20(24)18(14(4)25-16)22(28)29-9-3/h10-12,15H,7-9,13H2,1-6H3,(H2,24,25)(H,26,27). The molecule has 7 nitrogen and oxygen atoms in total. The molecule has 0 fully saturated rings. The molecule has 1 amide bonds. The number of hydrogen-bond acceptors (Lipinski definition) is 6. The number of hydrogen-bond donors (Lipinski definition) is 2. The van der Waals surface area contributed by atoms with Gasteiger partial charge in [0.05, 0.1) is 34.4 Å². The Morgan fingerprint density at radius 2 is 1.87 bits per heavy atom. The van der Waals surface area contributed by atoms with Crippen LogP contribution in [0.5, 0.6) is 5.75 Å². The smallest absolute Gasteiger partial charge is 0.342 e. The summed E-state index contributed by atoms with van der Waals surface area (Å²) in [6, 6.07) is 5.42. The Balaban J connectivity index is 2.33. The SMILES string of the molecule is CCOC(=O)c1c(C)nc2cccc(OCC(C)(C)NC(=O)C(CC)CC)c2c1N. The van der Waals surface area contributed by atoms with E-state index in [1.807, 2.05) is 39.8 Å². The number of amides is 1. The van der Waals surface area contributed by atoms with Crippen molar-refractivity contribution in [2.75, 3.05) is 18.9 Å². The summed E-state index contributed by atoms with van der Waals surface area (Å²) in [5, 5.41) is 3.62. The highest BCUT2D eigenvalue weighted by Gasteiger charge is 2.26. The van der Waals surface area contributed by atoms with Gasteiger partial charge in [0.25, 0.3) is 0 Å². The first-order valence-electron chi connectivity index (χ1n) is 10.5. The number of nitrogens with one attached hydrogen (secondary N) is 1. The number of benzene rings is 1. The van der Waals surface area contributed by atoms with Crippen molar-refractivity contribution in [1.29, 1.82) is 0 Å². The molecule has 0 unspecified atom stereocenters. The van der Waals surface area contributed by atoms with Gasteiger partial charge in [0.1, 0.15) is 17.9 Å². The van der Waals surface area contributed by atoms with E-state index in [9.17, 15) is 9.59 Å². The van der Waals surface area contributed by atoms with Gasteiger partial charge in [-0.1, -0.05) is 19.9 Å². The van der Waals surface area contributed by atoms with Crippen molar-refractivity contribution >= 4 is 28.5 Å². The number of aromatic nitrogens is 1. The van der Waals surface area contributed by atoms with Gasteiger partial charge in [0.2, 0.25) is 5.91 Å². The average Bonchev–Trinajstić information content (AvgIpc) is 2.67. The molecule has 0 saturated heterocycles. The molecule has 1 aromatic carbocycles. The monoisotopic (exact) mass is 415 g/mol. The minimum atomic E-state index is -0.585. The Morgan fingerprint density at radius 3 is 2.47 bits per heavy atom. The summed E-state index contributed by atoms with van der Waals surface area (Å²) in [6.45, 7) is 11.8. The second-order valence-electron chi connectivity index (χ2n) is 8.03. The van der Waals surface area contributed by atoms with Crippen molar-refractivity contribution in [1.82, 2.24) is 10.3 Å². The van der Waals surface area contributed by atoms with Crippen LogP contribution in [0.15, 0.2) is 18.2 Å². The predicted octanol–water partition coefficient (Wildman–Crippen LogP) is 4.01. The van der Waals surface area contributed by atoms with Crippen LogP contribution < -0.4 is 15.8 Å². The third kappa shape index (κ3) is 5.20. The lowest BCUT2D eigenvalue weighted by molar-refractivity contribution is -0.127. The number of nitrogen functional groups attached to an aromatic ring is 1. The maximum absolute atomic E-state index is 12.5. The molecule has 2 rings (SSSR count). The zero-order chi connectivity index (χ0) is 22.5. The highest BCUT2D eigenvalue weighted by molar-refractivity contribution is 6.07. The molecular formula is C23H33N3O4. The minimum absolute atomic E-state index is 0.0169. The number of nitrogens with two attached hydrogens (primary N) is 1. The van der Waals surface area contributed by atoms with E-state index in [2.05, 4.69) is 10.3 Å². The van der Waals surface area contributed by atoms with Crippen molar-refractivity contribution in [3.8, 4) is 5.75 Å². The van der Waals surface area contributed by atoms with Crippen LogP contribution in [0.25, 0.3) is 10.9 Å². The Bertz CT molecular complexity index is 920. The first-order chi connectivity index (χ1) is 14.1. The first-order valence-corrected chi connectivity index (χ1v) is 10.5. The Morgan fingerprint density at radius 1 is 1.20 bits per heavy atom. The zero-order valence-electron chi connectivity index (χ0n) is 18.8. The number of carbonyl (C=O) groups is 2. The number of fused-ring (bicyclic) bond motifs is 1. The first kappa shape index (κ1) is 23.4. The lowest BCUT2D eigenvalue weighted by Crippen LogP contribution is -2.49. The highest BCUT2D eigenvalue weighted by Crippen LogP contribution is 2.34. The summed E-state index contributed by atoms with van der Waals surface area (Å²) in [7, 11) is 0. The predicted molar refractivity (Wildman–Crippen MR) is 119 cm³/mol. The van der Waals surface area contributed by atoms with E-state index >= 15 is 0 Å². The number of esters is 1. The number of rotatable bonds is 9. The van der Waals surface area contributed by atoms with E-state index in [4.69, 9.17) is 15.2 Å². The Labute approximate surface area is 178 Å². The van der Waals surface area contributed by atoms with Gasteiger partial charge in [-0.3, -0.25) is 9.78 Å². The molecule has 1 heterocycles. The number of aryl methyl sites for hydroxylation is 1. The van der Waals surface area contributed by atoms with Crippen molar-refractivity contribution in [2.24, 2.45) is 5.92 Å². The largest absolute Gasteiger partial charge is 0.490 e. The second-order valence-corrected chi connectivity index (χ2v) is 8.03. The molecule has 30 heavy (non-hydrogen) atoms. The molecule has 0 spiro atoms. The van der Waals surface area contributed by atoms with Gasteiger partial charge in [-0.15, -0.1) is 0 Å². The summed E-state index contributed by atoms with van der Waals surface area (Å²) >= 11 is 0. The Kier molecular flexibility index (Phi) is 7.65. The number of carbonyl (C=O) groups excluding carboxylic acids is 2. The van der Waals surface area contributed by atoms with Crippen LogP contribution >= 0.6 is 0 Å². The van der Waals surface area contributed by atoms with Crippen LogP contribution in [0.1, 0.15) is 63.5 Å². The maximum Gasteiger partial charge on any atom is 0.342 e. The van der Waals surface area contributed by atoms with Gasteiger partial charge < -0.3 is 20.5 Å². The van der Waals surface area contributed by atoms with Gasteiger partial charge >= 0.3 is 5.97 Å². The molecule has 3 N–H and O–H groups in total. The lowest BCUT2D eigenvalue weighted by Gasteiger charge is -2.28. The molecule has 0 aliphatic heterocycles. The topological polar surface area (TPSA) is 104 Å². The van der Waals surface area contributed by atoms with Crippen LogP contribution in [-0.4, -0.2) is 35.6 Å². The molecule has 0 radical (unpaired) electrons. The molecule has 0 bridgehead atoms. The van der Waals surface area contributed by atoms with E-state index in [0.29, 0.717) is 22.3 Å². The fourth-order valence-corrected chi connectivity index (χ4v) is 3.41. The molecular weight excluding hydrogens is 382 g/mol. The van der Waals surface area contributed by atoms with E-state index in [1.54, 1.807) is 19.9 Å². The minimum Gasteiger partial charge on any atom is -0.490 e. The maximum atomic E-state index is 12.5. The number of pyridine rings is 1.